The molecular weight excluding hydrogens is 236 g/mol. The zero-order valence-corrected chi connectivity index (χ0v) is 11.5. The highest BCUT2D eigenvalue weighted by Gasteiger charge is 2.06. The second-order valence-electron chi connectivity index (χ2n) is 4.85. The maximum absolute atomic E-state index is 9.12. The van der Waals surface area contributed by atoms with Gasteiger partial charge in [0.25, 0.3) is 0 Å². The van der Waals surface area contributed by atoms with Crippen LogP contribution >= 0.6 is 0 Å². The zero-order valence-electron chi connectivity index (χ0n) is 11.5. The van der Waals surface area contributed by atoms with E-state index in [2.05, 4.69) is 35.0 Å². The average molecular weight is 258 g/mol. The molecule has 1 N–H and O–H groups in total. The van der Waals surface area contributed by atoms with Crippen molar-refractivity contribution in [2.24, 2.45) is 0 Å². The molecule has 102 valence electrons. The van der Waals surface area contributed by atoms with Crippen molar-refractivity contribution in [3.8, 4) is 0 Å². The minimum Gasteiger partial charge on any atom is -0.395 e. The summed E-state index contributed by atoms with van der Waals surface area (Å²) in [6.07, 6.45) is 2.33. The molecule has 2 rings (SSSR count). The number of hydrogen-bond acceptors (Lipinski definition) is 3. The number of para-hydroxylation sites is 1. The van der Waals surface area contributed by atoms with Gasteiger partial charge in [-0.3, -0.25) is 9.88 Å². The molecule has 0 atom stereocenters. The van der Waals surface area contributed by atoms with Crippen LogP contribution in [0.5, 0.6) is 0 Å². The monoisotopic (exact) mass is 258 g/mol. The van der Waals surface area contributed by atoms with Crippen LogP contribution in [0.15, 0.2) is 36.4 Å². The highest BCUT2D eigenvalue weighted by Crippen LogP contribution is 2.13. The Morgan fingerprint density at radius 1 is 1.11 bits per heavy atom. The number of hydrogen-bond donors (Lipinski definition) is 1. The Balaban J connectivity index is 2.09. The van der Waals surface area contributed by atoms with Gasteiger partial charge < -0.3 is 5.11 Å². The van der Waals surface area contributed by atoms with E-state index < -0.39 is 0 Å². The number of unbranched alkanes of at least 4 members (excludes halogenated alkanes) is 1. The third-order valence-electron chi connectivity index (χ3n) is 3.29. The number of aliphatic hydroxyl groups excluding tert-OH is 1. The molecule has 0 saturated carbocycles. The fraction of sp³-hybridized carbons (Fsp3) is 0.438. The number of benzene rings is 1. The van der Waals surface area contributed by atoms with Gasteiger partial charge in [0.15, 0.2) is 0 Å². The fourth-order valence-electron chi connectivity index (χ4n) is 2.22. The average Bonchev–Trinajstić information content (AvgIpc) is 2.45. The van der Waals surface area contributed by atoms with Crippen LogP contribution in [0.1, 0.15) is 25.5 Å². The first-order valence-corrected chi connectivity index (χ1v) is 7.01. The molecule has 0 saturated heterocycles. The van der Waals surface area contributed by atoms with Crippen molar-refractivity contribution in [3.05, 3.63) is 42.1 Å². The molecule has 3 nitrogen and oxygen atoms in total. The standard InChI is InChI=1S/C16H22N2O/c1-2-3-10-18(11-12-19)13-15-9-8-14-6-4-5-7-16(14)17-15/h4-9,19H,2-3,10-13H2,1H3. The third kappa shape index (κ3) is 4.01. The smallest absolute Gasteiger partial charge is 0.0705 e. The molecule has 0 aliphatic carbocycles. The van der Waals surface area contributed by atoms with Crippen molar-refractivity contribution in [2.75, 3.05) is 19.7 Å². The molecule has 19 heavy (non-hydrogen) atoms. The lowest BCUT2D eigenvalue weighted by Gasteiger charge is -2.20. The van der Waals surface area contributed by atoms with E-state index in [1.165, 1.54) is 11.8 Å². The number of nitrogens with zero attached hydrogens (tertiary/aromatic N) is 2. The van der Waals surface area contributed by atoms with E-state index in [0.717, 1.165) is 30.7 Å². The fourth-order valence-corrected chi connectivity index (χ4v) is 2.22. The van der Waals surface area contributed by atoms with Gasteiger partial charge in [0.05, 0.1) is 17.8 Å². The van der Waals surface area contributed by atoms with E-state index in [-0.39, 0.29) is 6.61 Å². The molecule has 2 aromatic rings. The van der Waals surface area contributed by atoms with Crippen molar-refractivity contribution >= 4 is 10.9 Å². The molecule has 0 bridgehead atoms. The molecule has 0 fully saturated rings. The molecule has 0 aliphatic rings. The minimum absolute atomic E-state index is 0.206. The van der Waals surface area contributed by atoms with Crippen molar-refractivity contribution in [2.45, 2.75) is 26.3 Å². The molecule has 0 radical (unpaired) electrons. The van der Waals surface area contributed by atoms with E-state index in [0.29, 0.717) is 6.54 Å². The molecular formula is C16H22N2O. The van der Waals surface area contributed by atoms with E-state index in [1.54, 1.807) is 0 Å². The first-order chi connectivity index (χ1) is 9.33. The first kappa shape index (κ1) is 14.0. The van der Waals surface area contributed by atoms with Crippen LogP contribution in [0.25, 0.3) is 10.9 Å². The zero-order chi connectivity index (χ0) is 13.5. The summed E-state index contributed by atoms with van der Waals surface area (Å²) >= 11 is 0. The topological polar surface area (TPSA) is 36.4 Å². The minimum atomic E-state index is 0.206. The largest absolute Gasteiger partial charge is 0.395 e. The SMILES string of the molecule is CCCCN(CCO)Cc1ccc2ccccc2n1. The van der Waals surface area contributed by atoms with Gasteiger partial charge in [-0.15, -0.1) is 0 Å². The van der Waals surface area contributed by atoms with Gasteiger partial charge in [-0.1, -0.05) is 37.6 Å². The Morgan fingerprint density at radius 3 is 2.74 bits per heavy atom. The summed E-state index contributed by atoms with van der Waals surface area (Å²) in [6, 6.07) is 12.4. The summed E-state index contributed by atoms with van der Waals surface area (Å²) in [7, 11) is 0. The van der Waals surface area contributed by atoms with Gasteiger partial charge in [-0.2, -0.15) is 0 Å². The van der Waals surface area contributed by atoms with Crippen LogP contribution < -0.4 is 0 Å². The molecule has 1 aromatic carbocycles. The molecule has 0 spiro atoms. The van der Waals surface area contributed by atoms with E-state index in [1.807, 2.05) is 18.2 Å². The lowest BCUT2D eigenvalue weighted by Crippen LogP contribution is -2.27. The summed E-state index contributed by atoms with van der Waals surface area (Å²) in [5, 5.41) is 10.3. The Labute approximate surface area is 114 Å². The second kappa shape index (κ2) is 7.22. The van der Waals surface area contributed by atoms with Gasteiger partial charge in [-0.05, 0) is 25.1 Å². The van der Waals surface area contributed by atoms with Gasteiger partial charge >= 0.3 is 0 Å². The van der Waals surface area contributed by atoms with Crippen LogP contribution in [0.3, 0.4) is 0 Å². The van der Waals surface area contributed by atoms with Crippen LogP contribution in [0.4, 0.5) is 0 Å². The Hall–Kier alpha value is -1.45. The summed E-state index contributed by atoms with van der Waals surface area (Å²) in [5.41, 5.74) is 2.11. The lowest BCUT2D eigenvalue weighted by molar-refractivity contribution is 0.187. The van der Waals surface area contributed by atoms with E-state index in [9.17, 15) is 0 Å². The Bertz CT molecular complexity index is 513. The van der Waals surface area contributed by atoms with Crippen LogP contribution in [0.2, 0.25) is 0 Å². The molecule has 0 aliphatic heterocycles. The molecule has 0 unspecified atom stereocenters. The van der Waals surface area contributed by atoms with Crippen molar-refractivity contribution in [1.82, 2.24) is 9.88 Å². The van der Waals surface area contributed by atoms with Crippen molar-refractivity contribution in [1.29, 1.82) is 0 Å². The van der Waals surface area contributed by atoms with Gasteiger partial charge in [0, 0.05) is 18.5 Å². The lowest BCUT2D eigenvalue weighted by atomic mass is 10.2. The highest BCUT2D eigenvalue weighted by atomic mass is 16.3. The number of rotatable bonds is 7. The van der Waals surface area contributed by atoms with Crippen LogP contribution in [-0.4, -0.2) is 34.7 Å². The molecule has 3 heteroatoms. The molecule has 1 aromatic heterocycles. The van der Waals surface area contributed by atoms with Crippen LogP contribution in [-0.2, 0) is 6.54 Å². The number of aliphatic hydroxyl groups is 1. The highest BCUT2D eigenvalue weighted by molar-refractivity contribution is 5.78. The molecule has 0 amide bonds. The predicted molar refractivity (Wildman–Crippen MR) is 79.0 cm³/mol. The maximum atomic E-state index is 9.12. The van der Waals surface area contributed by atoms with E-state index in [4.69, 9.17) is 5.11 Å². The number of fused-ring (bicyclic) bond motifs is 1. The van der Waals surface area contributed by atoms with Crippen molar-refractivity contribution < 1.29 is 5.11 Å². The summed E-state index contributed by atoms with van der Waals surface area (Å²) in [4.78, 5) is 6.95. The Kier molecular flexibility index (Phi) is 5.31. The second-order valence-corrected chi connectivity index (χ2v) is 4.85. The quantitative estimate of drug-likeness (QED) is 0.829. The predicted octanol–water partition coefficient (Wildman–Crippen LogP) is 2.83. The number of aromatic nitrogens is 1. The van der Waals surface area contributed by atoms with Crippen LogP contribution in [0, 0.1) is 0 Å². The summed E-state index contributed by atoms with van der Waals surface area (Å²) in [6.45, 7) is 4.94. The normalized spacial score (nSPS) is 11.3. The van der Waals surface area contributed by atoms with E-state index >= 15 is 0 Å². The molecule has 1 heterocycles. The Morgan fingerprint density at radius 2 is 1.95 bits per heavy atom. The number of pyridine rings is 1. The maximum Gasteiger partial charge on any atom is 0.0705 e. The summed E-state index contributed by atoms with van der Waals surface area (Å²) in [5.74, 6) is 0. The first-order valence-electron chi connectivity index (χ1n) is 7.01. The van der Waals surface area contributed by atoms with Gasteiger partial charge in [-0.25, -0.2) is 0 Å². The van der Waals surface area contributed by atoms with Gasteiger partial charge in [0.1, 0.15) is 0 Å². The van der Waals surface area contributed by atoms with Crippen molar-refractivity contribution in [3.63, 3.8) is 0 Å². The van der Waals surface area contributed by atoms with Gasteiger partial charge in [0.2, 0.25) is 0 Å². The summed E-state index contributed by atoms with van der Waals surface area (Å²) < 4.78 is 0. The third-order valence-corrected chi connectivity index (χ3v) is 3.29.